The van der Waals surface area contributed by atoms with E-state index in [0.717, 1.165) is 66.6 Å². The van der Waals surface area contributed by atoms with Crippen LogP contribution in [0.25, 0.3) is 12.3 Å². The predicted molar refractivity (Wildman–Crippen MR) is 210 cm³/mol. The average molecular weight is 711 g/mol. The number of fused-ring (bicyclic) bond motifs is 1. The Balaban J connectivity index is 0.000000838. The van der Waals surface area contributed by atoms with Crippen molar-refractivity contribution in [1.82, 2.24) is 20.1 Å². The number of aryl methyl sites for hydroxylation is 1. The fourth-order valence-electron chi connectivity index (χ4n) is 6.23. The number of aromatic amines is 1. The van der Waals surface area contributed by atoms with Gasteiger partial charge < -0.3 is 31.5 Å². The van der Waals surface area contributed by atoms with Crippen molar-refractivity contribution in [3.63, 3.8) is 0 Å². The molecule has 3 heterocycles. The van der Waals surface area contributed by atoms with E-state index >= 15 is 0 Å². The van der Waals surface area contributed by atoms with E-state index in [4.69, 9.17) is 15.3 Å². The number of nitrogens with zero attached hydrogens (tertiary/aromatic N) is 2. The lowest BCUT2D eigenvalue weighted by Crippen LogP contribution is -2.36. The highest BCUT2D eigenvalue weighted by molar-refractivity contribution is 6.00. The van der Waals surface area contributed by atoms with Crippen molar-refractivity contribution in [2.45, 2.75) is 97.2 Å². The summed E-state index contributed by atoms with van der Waals surface area (Å²) in [4.78, 5) is 49.8. The van der Waals surface area contributed by atoms with E-state index in [1.807, 2.05) is 25.1 Å². The Kier molecular flexibility index (Phi) is 20.0. The van der Waals surface area contributed by atoms with Crippen LogP contribution in [0.5, 0.6) is 0 Å². The quantitative estimate of drug-likeness (QED) is 0.134. The van der Waals surface area contributed by atoms with Gasteiger partial charge in [-0.2, -0.15) is 0 Å². The maximum absolute atomic E-state index is 12.9. The van der Waals surface area contributed by atoms with E-state index in [0.29, 0.717) is 31.0 Å². The number of nitrogens with one attached hydrogen (secondary N) is 2. The van der Waals surface area contributed by atoms with Gasteiger partial charge in [-0.1, -0.05) is 81.9 Å². The second-order valence-corrected chi connectivity index (χ2v) is 12.8. The highest BCUT2D eigenvalue weighted by Gasteiger charge is 2.33. The SMILES string of the molecule is CCC.CCCC(C=O)N1Cc2c(C#CCCCc3ccc(C/C=c4/[nH]c(C5CCCN5C)c/c4=C/N)cc3)cccc2C1=O.CNC=O.NC=O. The number of unbranched alkanes of at least 4 members (excludes halogenated alkanes) is 1. The average Bonchev–Trinajstić information content (AvgIpc) is 3.87. The molecule has 3 amide bonds. The number of hydrogen-bond donors (Lipinski definition) is 4. The first-order valence-corrected chi connectivity index (χ1v) is 18.3. The number of aldehydes is 1. The van der Waals surface area contributed by atoms with Crippen molar-refractivity contribution in [2.24, 2.45) is 11.5 Å². The number of carbonyl (C=O) groups excluding carboxylic acids is 4. The second kappa shape index (κ2) is 24.1. The molecule has 6 N–H and O–H groups in total. The fraction of sp³-hybridized carbons (Fsp3) is 0.429. The Morgan fingerprint density at radius 2 is 1.73 bits per heavy atom. The van der Waals surface area contributed by atoms with Gasteiger partial charge in [-0.25, -0.2) is 0 Å². The van der Waals surface area contributed by atoms with Crippen LogP contribution in [0, 0.1) is 11.8 Å². The minimum Gasteiger partial charge on any atom is -0.404 e. The molecular formula is C42H58N6O4. The maximum atomic E-state index is 12.9. The molecule has 3 aromatic rings. The Labute approximate surface area is 309 Å². The van der Waals surface area contributed by atoms with Crippen LogP contribution in [0.1, 0.15) is 110 Å². The monoisotopic (exact) mass is 710 g/mol. The molecule has 0 radical (unpaired) electrons. The Morgan fingerprint density at radius 1 is 1.06 bits per heavy atom. The molecule has 1 saturated heterocycles. The summed E-state index contributed by atoms with van der Waals surface area (Å²) in [5.74, 6) is 6.54. The summed E-state index contributed by atoms with van der Waals surface area (Å²) in [5.41, 5.74) is 16.4. The summed E-state index contributed by atoms with van der Waals surface area (Å²) < 4.78 is 0. The van der Waals surface area contributed by atoms with Gasteiger partial charge in [-0.3, -0.25) is 19.3 Å². The zero-order valence-electron chi connectivity index (χ0n) is 31.6. The number of nitrogens with two attached hydrogens (primary N) is 2. The number of amides is 3. The summed E-state index contributed by atoms with van der Waals surface area (Å²) in [7, 11) is 3.75. The van der Waals surface area contributed by atoms with E-state index in [-0.39, 0.29) is 18.4 Å². The molecule has 2 aromatic carbocycles. The molecule has 0 bridgehead atoms. The molecule has 10 nitrogen and oxygen atoms in total. The van der Waals surface area contributed by atoms with Gasteiger partial charge in [0.05, 0.1) is 6.04 Å². The van der Waals surface area contributed by atoms with Gasteiger partial charge in [0.1, 0.15) is 6.29 Å². The normalized spacial score (nSPS) is 15.8. The summed E-state index contributed by atoms with van der Waals surface area (Å²) in [5, 5.41) is 4.41. The minimum absolute atomic E-state index is 0.0621. The van der Waals surface area contributed by atoms with Gasteiger partial charge in [0.25, 0.3) is 5.91 Å². The van der Waals surface area contributed by atoms with Crippen LogP contribution in [-0.4, -0.2) is 66.5 Å². The molecule has 2 aliphatic heterocycles. The Hall–Kier alpha value is -5.14. The standard InChI is InChI=1S/C36H42N4O2.C3H8.C2H5NO.CH3NO/c1-3-9-30(25-41)40-24-32-28(12-7-13-31(32)36(40)42)11-6-4-5-10-26-15-17-27(18-16-26)19-20-33-29(23-37)22-34(38-33)35-14-8-21-39(35)2;1-3-2;1-3-2-4;2-1-3/h7,12-13,15-18,20,22-23,25,30,35,38H,3-5,8-10,14,19,21,24,37H2,1-2H3;3H2,1-2H3;2H,1H3,(H,3,4);1H,(H2,2,3)/b29-23-,33-20+;;;. The molecule has 1 fully saturated rings. The lowest BCUT2D eigenvalue weighted by molar-refractivity contribution is -0.112. The smallest absolute Gasteiger partial charge is 0.255 e. The number of primary amides is 1. The highest BCUT2D eigenvalue weighted by atomic mass is 16.2. The maximum Gasteiger partial charge on any atom is 0.255 e. The summed E-state index contributed by atoms with van der Waals surface area (Å²) in [6, 6.07) is 16.8. The van der Waals surface area contributed by atoms with Gasteiger partial charge in [0.15, 0.2) is 0 Å². The van der Waals surface area contributed by atoms with Crippen LogP contribution in [0.4, 0.5) is 0 Å². The van der Waals surface area contributed by atoms with Crippen LogP contribution < -0.4 is 27.4 Å². The Morgan fingerprint density at radius 3 is 2.31 bits per heavy atom. The summed E-state index contributed by atoms with van der Waals surface area (Å²) in [6.07, 6.45) is 14.5. The van der Waals surface area contributed by atoms with Crippen LogP contribution in [0.3, 0.4) is 0 Å². The van der Waals surface area contributed by atoms with Crippen LogP contribution >= 0.6 is 0 Å². The van der Waals surface area contributed by atoms with Crippen LogP contribution in [0.15, 0.2) is 48.5 Å². The zero-order chi connectivity index (χ0) is 38.3. The molecule has 0 aliphatic carbocycles. The van der Waals surface area contributed by atoms with E-state index in [1.165, 1.54) is 36.1 Å². The Bertz CT molecular complexity index is 1740. The molecule has 2 unspecified atom stereocenters. The number of benzene rings is 2. The van der Waals surface area contributed by atoms with Crippen molar-refractivity contribution >= 4 is 37.3 Å². The molecule has 2 atom stereocenters. The predicted octanol–water partition coefficient (Wildman–Crippen LogP) is 4.08. The van der Waals surface area contributed by atoms with E-state index in [2.05, 4.69) is 90.1 Å². The number of rotatable bonds is 11. The number of carbonyl (C=O) groups is 4. The molecule has 0 spiro atoms. The lowest BCUT2D eigenvalue weighted by Gasteiger charge is -2.22. The van der Waals surface area contributed by atoms with Crippen molar-refractivity contribution in [2.75, 3.05) is 20.6 Å². The van der Waals surface area contributed by atoms with E-state index in [1.54, 1.807) is 18.1 Å². The number of likely N-dealkylation sites (tertiary alicyclic amines) is 1. The molecular weight excluding hydrogens is 653 g/mol. The number of H-pyrrole nitrogens is 1. The fourth-order valence-corrected chi connectivity index (χ4v) is 6.23. The van der Waals surface area contributed by atoms with Crippen LogP contribution in [-0.2, 0) is 33.8 Å². The first-order valence-electron chi connectivity index (χ1n) is 18.3. The zero-order valence-corrected chi connectivity index (χ0v) is 31.6. The van der Waals surface area contributed by atoms with Crippen LogP contribution in [0.2, 0.25) is 0 Å². The van der Waals surface area contributed by atoms with Crippen molar-refractivity contribution < 1.29 is 19.2 Å². The van der Waals surface area contributed by atoms with Gasteiger partial charge >= 0.3 is 0 Å². The highest BCUT2D eigenvalue weighted by Crippen LogP contribution is 2.29. The lowest BCUT2D eigenvalue weighted by atomic mass is 10.0. The molecule has 10 heteroatoms. The second-order valence-electron chi connectivity index (χ2n) is 12.8. The topological polar surface area (TPSA) is 155 Å². The van der Waals surface area contributed by atoms with Crippen molar-refractivity contribution in [3.05, 3.63) is 92.6 Å². The minimum atomic E-state index is -0.368. The number of aromatic nitrogens is 1. The van der Waals surface area contributed by atoms with Gasteiger partial charge in [0, 0.05) is 59.6 Å². The largest absolute Gasteiger partial charge is 0.404 e. The third-order valence-electron chi connectivity index (χ3n) is 8.77. The molecule has 2 aliphatic rings. The van der Waals surface area contributed by atoms with Crippen molar-refractivity contribution in [1.29, 1.82) is 0 Å². The van der Waals surface area contributed by atoms with Gasteiger partial charge in [0.2, 0.25) is 12.8 Å². The van der Waals surface area contributed by atoms with Crippen molar-refractivity contribution in [3.8, 4) is 11.8 Å². The van der Waals surface area contributed by atoms with E-state index in [9.17, 15) is 9.59 Å². The molecule has 280 valence electrons. The molecule has 0 saturated carbocycles. The first-order chi connectivity index (χ1) is 25.3. The third-order valence-corrected chi connectivity index (χ3v) is 8.77. The molecule has 1 aromatic heterocycles. The molecule has 5 rings (SSSR count). The van der Waals surface area contributed by atoms with E-state index < -0.39 is 0 Å². The third kappa shape index (κ3) is 12.9. The summed E-state index contributed by atoms with van der Waals surface area (Å²) in [6.45, 7) is 7.88. The summed E-state index contributed by atoms with van der Waals surface area (Å²) >= 11 is 0. The first kappa shape index (κ1) is 43.0. The number of hydrogen-bond acceptors (Lipinski definition) is 6. The van der Waals surface area contributed by atoms with Gasteiger partial charge in [-0.15, -0.1) is 0 Å². The molecule has 52 heavy (non-hydrogen) atoms. The van der Waals surface area contributed by atoms with Gasteiger partial charge in [-0.05, 0) is 87.0 Å².